The molecular formula is C24H27F2N3O4. The van der Waals surface area contributed by atoms with Crippen molar-refractivity contribution in [3.8, 4) is 0 Å². The van der Waals surface area contributed by atoms with Crippen molar-refractivity contribution >= 4 is 23.4 Å². The minimum atomic E-state index is -1.04. The molecule has 3 rings (SSSR count). The van der Waals surface area contributed by atoms with Gasteiger partial charge in [-0.3, -0.25) is 14.4 Å². The van der Waals surface area contributed by atoms with E-state index in [1.807, 2.05) is 0 Å². The van der Waals surface area contributed by atoms with Crippen molar-refractivity contribution in [2.24, 2.45) is 0 Å². The fourth-order valence-corrected chi connectivity index (χ4v) is 3.64. The van der Waals surface area contributed by atoms with Gasteiger partial charge in [-0.1, -0.05) is 18.2 Å². The summed E-state index contributed by atoms with van der Waals surface area (Å²) < 4.78 is 32.3. The van der Waals surface area contributed by atoms with Crippen LogP contribution in [-0.4, -0.2) is 49.6 Å². The lowest BCUT2D eigenvalue weighted by Gasteiger charge is -2.25. The molecule has 0 bridgehead atoms. The molecule has 1 aliphatic rings. The molecule has 33 heavy (non-hydrogen) atoms. The lowest BCUT2D eigenvalue weighted by Crippen LogP contribution is -2.52. The predicted octanol–water partition coefficient (Wildman–Crippen LogP) is 2.34. The summed E-state index contributed by atoms with van der Waals surface area (Å²) in [6.45, 7) is 2.58. The van der Waals surface area contributed by atoms with E-state index in [2.05, 4.69) is 10.6 Å². The molecule has 0 radical (unpaired) electrons. The summed E-state index contributed by atoms with van der Waals surface area (Å²) in [5, 5.41) is 5.53. The third-order valence-corrected chi connectivity index (χ3v) is 5.19. The Morgan fingerprint density at radius 2 is 1.82 bits per heavy atom. The van der Waals surface area contributed by atoms with Gasteiger partial charge in [-0.05, 0) is 49.6 Å². The number of nitrogens with one attached hydrogen (secondary N) is 2. The smallest absolute Gasteiger partial charge is 0.256 e. The van der Waals surface area contributed by atoms with E-state index in [0.29, 0.717) is 24.9 Å². The first-order valence-electron chi connectivity index (χ1n) is 10.8. The van der Waals surface area contributed by atoms with Gasteiger partial charge in [0.15, 0.2) is 0 Å². The number of rotatable bonds is 9. The Balaban J connectivity index is 1.64. The molecule has 1 heterocycles. The number of ether oxygens (including phenoxy) is 1. The summed E-state index contributed by atoms with van der Waals surface area (Å²) in [5.74, 6) is -3.28. The molecule has 0 saturated carbocycles. The molecule has 9 heteroatoms. The van der Waals surface area contributed by atoms with Crippen LogP contribution in [0, 0.1) is 11.6 Å². The van der Waals surface area contributed by atoms with Gasteiger partial charge in [0.2, 0.25) is 11.8 Å². The molecule has 1 aliphatic heterocycles. The average molecular weight is 459 g/mol. The van der Waals surface area contributed by atoms with E-state index in [1.54, 1.807) is 30.3 Å². The SMILES string of the molecule is C[C@H](NC(=O)Cc1cc(F)cc(F)c1)C(=O)N(C(=O)CNCC1CCCO1)c1ccccc1. The van der Waals surface area contributed by atoms with Gasteiger partial charge in [0, 0.05) is 19.2 Å². The number of imide groups is 1. The molecule has 3 amide bonds. The van der Waals surface area contributed by atoms with Crippen molar-refractivity contribution in [1.29, 1.82) is 0 Å². The second-order valence-electron chi connectivity index (χ2n) is 7.91. The van der Waals surface area contributed by atoms with E-state index in [0.717, 1.165) is 29.9 Å². The fourth-order valence-electron chi connectivity index (χ4n) is 3.64. The molecule has 2 atom stereocenters. The van der Waals surface area contributed by atoms with Gasteiger partial charge in [-0.2, -0.15) is 0 Å². The van der Waals surface area contributed by atoms with E-state index in [9.17, 15) is 23.2 Å². The van der Waals surface area contributed by atoms with Gasteiger partial charge in [0.1, 0.15) is 17.7 Å². The second kappa shape index (κ2) is 11.6. The van der Waals surface area contributed by atoms with Gasteiger partial charge >= 0.3 is 0 Å². The lowest BCUT2D eigenvalue weighted by molar-refractivity contribution is -0.130. The third-order valence-electron chi connectivity index (χ3n) is 5.19. The highest BCUT2D eigenvalue weighted by molar-refractivity contribution is 6.17. The molecule has 1 saturated heterocycles. The summed E-state index contributed by atoms with van der Waals surface area (Å²) in [6.07, 6.45) is 1.63. The normalized spacial score (nSPS) is 16.3. The zero-order chi connectivity index (χ0) is 23.8. The van der Waals surface area contributed by atoms with Crippen LogP contribution in [0.4, 0.5) is 14.5 Å². The number of amides is 3. The first kappa shape index (κ1) is 24.5. The van der Waals surface area contributed by atoms with Crippen LogP contribution in [0.1, 0.15) is 25.3 Å². The van der Waals surface area contributed by atoms with Gasteiger partial charge in [0.25, 0.3) is 5.91 Å². The maximum absolute atomic E-state index is 13.4. The Morgan fingerprint density at radius 3 is 2.45 bits per heavy atom. The molecular weight excluding hydrogens is 432 g/mol. The van der Waals surface area contributed by atoms with E-state index in [-0.39, 0.29) is 24.6 Å². The van der Waals surface area contributed by atoms with E-state index < -0.39 is 35.4 Å². The van der Waals surface area contributed by atoms with Crippen molar-refractivity contribution in [2.45, 2.75) is 38.3 Å². The molecule has 2 aromatic rings. The Labute approximate surface area is 191 Å². The molecule has 1 fully saturated rings. The molecule has 0 spiro atoms. The Bertz CT molecular complexity index is 961. The number of hydrogen-bond donors (Lipinski definition) is 2. The highest BCUT2D eigenvalue weighted by Crippen LogP contribution is 2.16. The van der Waals surface area contributed by atoms with Crippen molar-refractivity contribution in [1.82, 2.24) is 10.6 Å². The van der Waals surface area contributed by atoms with Crippen LogP contribution >= 0.6 is 0 Å². The quantitative estimate of drug-likeness (QED) is 0.601. The second-order valence-corrected chi connectivity index (χ2v) is 7.91. The Morgan fingerprint density at radius 1 is 1.12 bits per heavy atom. The number of carbonyl (C=O) groups excluding carboxylic acids is 3. The zero-order valence-electron chi connectivity index (χ0n) is 18.4. The van der Waals surface area contributed by atoms with Gasteiger partial charge in [-0.25, -0.2) is 13.7 Å². The Kier molecular flexibility index (Phi) is 8.62. The van der Waals surface area contributed by atoms with Gasteiger partial charge < -0.3 is 15.4 Å². The summed E-state index contributed by atoms with van der Waals surface area (Å²) in [6, 6.07) is 10.2. The van der Waals surface area contributed by atoms with Crippen LogP contribution in [0.5, 0.6) is 0 Å². The van der Waals surface area contributed by atoms with Crippen molar-refractivity contribution < 1.29 is 27.9 Å². The minimum Gasteiger partial charge on any atom is -0.377 e. The van der Waals surface area contributed by atoms with Gasteiger partial charge in [-0.15, -0.1) is 0 Å². The zero-order valence-corrected chi connectivity index (χ0v) is 18.4. The standard InChI is InChI=1S/C24H27F2N3O4/c1-16(28-22(30)12-17-10-18(25)13-19(26)11-17)24(32)29(20-6-3-2-4-7-20)23(31)15-27-14-21-8-5-9-33-21/h2-4,6-7,10-11,13,16,21,27H,5,8-9,12,14-15H2,1H3,(H,28,30)/t16-,21?/m0/s1. The molecule has 7 nitrogen and oxygen atoms in total. The van der Waals surface area contributed by atoms with Crippen LogP contribution in [0.25, 0.3) is 0 Å². The minimum absolute atomic E-state index is 0.0459. The first-order valence-corrected chi connectivity index (χ1v) is 10.8. The molecule has 2 N–H and O–H groups in total. The maximum Gasteiger partial charge on any atom is 0.256 e. The number of hydrogen-bond acceptors (Lipinski definition) is 5. The average Bonchev–Trinajstić information content (AvgIpc) is 3.27. The van der Waals surface area contributed by atoms with Crippen LogP contribution in [0.3, 0.4) is 0 Å². The van der Waals surface area contributed by atoms with E-state index in [1.165, 1.54) is 6.92 Å². The molecule has 176 valence electrons. The molecule has 1 unspecified atom stereocenters. The topological polar surface area (TPSA) is 87.7 Å². The fraction of sp³-hybridized carbons (Fsp3) is 0.375. The number of halogens is 2. The summed E-state index contributed by atoms with van der Waals surface area (Å²) >= 11 is 0. The maximum atomic E-state index is 13.4. The molecule has 0 aliphatic carbocycles. The van der Waals surface area contributed by atoms with Crippen LogP contribution in [0.15, 0.2) is 48.5 Å². The summed E-state index contributed by atoms with van der Waals surface area (Å²) in [7, 11) is 0. The number of para-hydroxylation sites is 1. The number of carbonyl (C=O) groups is 3. The number of anilines is 1. The highest BCUT2D eigenvalue weighted by Gasteiger charge is 2.28. The van der Waals surface area contributed by atoms with Crippen LogP contribution in [-0.2, 0) is 25.5 Å². The van der Waals surface area contributed by atoms with Crippen molar-refractivity contribution in [3.63, 3.8) is 0 Å². The van der Waals surface area contributed by atoms with E-state index in [4.69, 9.17) is 4.74 Å². The third kappa shape index (κ3) is 7.16. The molecule has 0 aromatic heterocycles. The number of benzene rings is 2. The first-order chi connectivity index (χ1) is 15.8. The Hall–Kier alpha value is -3.17. The molecule has 2 aromatic carbocycles. The monoisotopic (exact) mass is 459 g/mol. The summed E-state index contributed by atoms with van der Waals surface area (Å²) in [5.41, 5.74) is 0.513. The highest BCUT2D eigenvalue weighted by atomic mass is 19.1. The lowest BCUT2D eigenvalue weighted by atomic mass is 10.1. The van der Waals surface area contributed by atoms with Crippen LogP contribution < -0.4 is 15.5 Å². The number of nitrogens with zero attached hydrogens (tertiary/aromatic N) is 1. The van der Waals surface area contributed by atoms with Crippen molar-refractivity contribution in [2.75, 3.05) is 24.6 Å². The predicted molar refractivity (Wildman–Crippen MR) is 118 cm³/mol. The summed E-state index contributed by atoms with van der Waals surface area (Å²) in [4.78, 5) is 39.4. The van der Waals surface area contributed by atoms with E-state index >= 15 is 0 Å². The largest absolute Gasteiger partial charge is 0.377 e. The van der Waals surface area contributed by atoms with Crippen molar-refractivity contribution in [3.05, 3.63) is 65.7 Å². The van der Waals surface area contributed by atoms with Crippen LogP contribution in [0.2, 0.25) is 0 Å². The van der Waals surface area contributed by atoms with Gasteiger partial charge in [0.05, 0.1) is 24.8 Å².